The van der Waals surface area contributed by atoms with Crippen LogP contribution >= 0.6 is 0 Å². The smallest absolute Gasteiger partial charge is 0.121 e. The molecule has 0 spiro atoms. The average molecular weight is 414 g/mol. The van der Waals surface area contributed by atoms with Gasteiger partial charge in [-0.3, -0.25) is 0 Å². The summed E-state index contributed by atoms with van der Waals surface area (Å²) in [5.74, 6) is 0.137. The maximum absolute atomic E-state index is 10.6. The largest absolute Gasteiger partial charge is 0.508 e. The third-order valence-corrected chi connectivity index (χ3v) is 5.73. The number of hydrogen-bond donors (Lipinski definition) is 4. The molecule has 0 saturated carbocycles. The number of rotatable bonds is 15. The Kier molecular flexibility index (Phi) is 11.5. The highest BCUT2D eigenvalue weighted by molar-refractivity contribution is 5.35. The van der Waals surface area contributed by atoms with Crippen molar-refractivity contribution >= 4 is 0 Å². The second-order valence-electron chi connectivity index (χ2n) is 8.32. The number of aromatic hydroxyl groups is 1. The SMILES string of the molecule is CCCCCCCC(O)CC(CCc1ccc(O)c(CO)c1)NCc1ccccc1. The summed E-state index contributed by atoms with van der Waals surface area (Å²) in [5, 5.41) is 33.4. The highest BCUT2D eigenvalue weighted by Gasteiger charge is 2.15. The van der Waals surface area contributed by atoms with E-state index in [9.17, 15) is 15.3 Å². The van der Waals surface area contributed by atoms with Crippen molar-refractivity contribution in [2.45, 2.75) is 90.0 Å². The zero-order valence-electron chi connectivity index (χ0n) is 18.4. The normalized spacial score (nSPS) is 13.3. The Balaban J connectivity index is 1.89. The van der Waals surface area contributed by atoms with Crippen molar-refractivity contribution < 1.29 is 15.3 Å². The lowest BCUT2D eigenvalue weighted by atomic mass is 9.96. The van der Waals surface area contributed by atoms with E-state index in [1.165, 1.54) is 31.2 Å². The summed E-state index contributed by atoms with van der Waals surface area (Å²) in [6.07, 6.45) is 9.11. The van der Waals surface area contributed by atoms with Gasteiger partial charge in [0.25, 0.3) is 0 Å². The number of aliphatic hydroxyl groups is 2. The van der Waals surface area contributed by atoms with Crippen LogP contribution in [0, 0.1) is 0 Å². The Morgan fingerprint density at radius 3 is 2.40 bits per heavy atom. The van der Waals surface area contributed by atoms with Crippen LogP contribution in [0.2, 0.25) is 0 Å². The fourth-order valence-corrected chi connectivity index (χ4v) is 3.85. The second-order valence-corrected chi connectivity index (χ2v) is 8.32. The minimum Gasteiger partial charge on any atom is -0.508 e. The molecule has 30 heavy (non-hydrogen) atoms. The zero-order valence-corrected chi connectivity index (χ0v) is 18.4. The summed E-state index contributed by atoms with van der Waals surface area (Å²) in [4.78, 5) is 0. The van der Waals surface area contributed by atoms with Crippen LogP contribution in [0.4, 0.5) is 0 Å². The third kappa shape index (κ3) is 9.29. The van der Waals surface area contributed by atoms with Gasteiger partial charge in [0.1, 0.15) is 5.75 Å². The summed E-state index contributed by atoms with van der Waals surface area (Å²) in [6.45, 7) is 2.84. The Labute approximate surface area is 182 Å². The molecule has 4 N–H and O–H groups in total. The van der Waals surface area contributed by atoms with Gasteiger partial charge in [-0.2, -0.15) is 0 Å². The molecule has 0 fully saturated rings. The second kappa shape index (κ2) is 14.2. The predicted molar refractivity (Wildman–Crippen MR) is 123 cm³/mol. The molecule has 166 valence electrons. The molecule has 0 heterocycles. The summed E-state index contributed by atoms with van der Waals surface area (Å²) in [7, 11) is 0. The fraction of sp³-hybridized carbons (Fsp3) is 0.538. The maximum atomic E-state index is 10.6. The van der Waals surface area contributed by atoms with Gasteiger partial charge < -0.3 is 20.6 Å². The van der Waals surface area contributed by atoms with Gasteiger partial charge in [-0.1, -0.05) is 75.4 Å². The molecule has 2 unspecified atom stereocenters. The summed E-state index contributed by atoms with van der Waals surface area (Å²) in [5.41, 5.74) is 2.90. The van der Waals surface area contributed by atoms with Crippen molar-refractivity contribution in [3.63, 3.8) is 0 Å². The Bertz CT molecular complexity index is 705. The summed E-state index contributed by atoms with van der Waals surface area (Å²) >= 11 is 0. The highest BCUT2D eigenvalue weighted by atomic mass is 16.3. The number of nitrogens with one attached hydrogen (secondary N) is 1. The van der Waals surface area contributed by atoms with E-state index in [0.29, 0.717) is 5.56 Å². The van der Waals surface area contributed by atoms with Crippen molar-refractivity contribution in [1.82, 2.24) is 5.32 Å². The first-order valence-electron chi connectivity index (χ1n) is 11.5. The molecule has 4 nitrogen and oxygen atoms in total. The fourth-order valence-electron chi connectivity index (χ4n) is 3.85. The van der Waals surface area contributed by atoms with E-state index in [1.807, 2.05) is 30.3 Å². The van der Waals surface area contributed by atoms with Gasteiger partial charge in [-0.25, -0.2) is 0 Å². The lowest BCUT2D eigenvalue weighted by Crippen LogP contribution is -2.33. The third-order valence-electron chi connectivity index (χ3n) is 5.73. The predicted octanol–water partition coefficient (Wildman–Crippen LogP) is 5.09. The number of hydrogen-bond acceptors (Lipinski definition) is 4. The number of unbranched alkanes of at least 4 members (excludes halogenated alkanes) is 4. The van der Waals surface area contributed by atoms with Crippen LogP contribution in [0.15, 0.2) is 48.5 Å². The van der Waals surface area contributed by atoms with Gasteiger partial charge in [-0.15, -0.1) is 0 Å². The van der Waals surface area contributed by atoms with Gasteiger partial charge in [0.2, 0.25) is 0 Å². The first-order chi connectivity index (χ1) is 14.6. The number of phenols is 1. The molecule has 2 aromatic carbocycles. The molecule has 0 amide bonds. The van der Waals surface area contributed by atoms with Crippen molar-refractivity contribution in [3.8, 4) is 5.75 Å². The van der Waals surface area contributed by atoms with Crippen LogP contribution in [0.25, 0.3) is 0 Å². The van der Waals surface area contributed by atoms with E-state index < -0.39 is 0 Å². The Morgan fingerprint density at radius 2 is 1.67 bits per heavy atom. The van der Waals surface area contributed by atoms with Gasteiger partial charge >= 0.3 is 0 Å². The van der Waals surface area contributed by atoms with Crippen LogP contribution in [0.5, 0.6) is 5.75 Å². The van der Waals surface area contributed by atoms with Gasteiger partial charge in [-0.05, 0) is 48.9 Å². The monoisotopic (exact) mass is 413 g/mol. The van der Waals surface area contributed by atoms with Gasteiger partial charge in [0.05, 0.1) is 12.7 Å². The van der Waals surface area contributed by atoms with Crippen molar-refractivity contribution in [2.24, 2.45) is 0 Å². The molecular weight excluding hydrogens is 374 g/mol. The first-order valence-corrected chi connectivity index (χ1v) is 11.5. The Morgan fingerprint density at radius 1 is 0.900 bits per heavy atom. The van der Waals surface area contributed by atoms with E-state index in [0.717, 1.165) is 44.2 Å². The molecule has 0 aliphatic carbocycles. The quantitative estimate of drug-likeness (QED) is 0.307. The molecule has 4 heteroatoms. The van der Waals surface area contributed by atoms with E-state index in [2.05, 4.69) is 24.4 Å². The van der Waals surface area contributed by atoms with E-state index in [-0.39, 0.29) is 24.5 Å². The topological polar surface area (TPSA) is 72.7 Å². The zero-order chi connectivity index (χ0) is 21.6. The highest BCUT2D eigenvalue weighted by Crippen LogP contribution is 2.20. The van der Waals surface area contributed by atoms with E-state index in [1.54, 1.807) is 6.07 Å². The molecule has 0 aliphatic heterocycles. The minimum atomic E-state index is -0.285. The van der Waals surface area contributed by atoms with Crippen LogP contribution in [0.3, 0.4) is 0 Å². The number of aliphatic hydroxyl groups excluding tert-OH is 2. The summed E-state index contributed by atoms with van der Waals surface area (Å²) < 4.78 is 0. The molecule has 0 aromatic heterocycles. The van der Waals surface area contributed by atoms with Crippen LogP contribution in [-0.2, 0) is 19.6 Å². The molecule has 2 aromatic rings. The van der Waals surface area contributed by atoms with Gasteiger partial charge in [0, 0.05) is 18.2 Å². The van der Waals surface area contributed by atoms with Gasteiger partial charge in [0.15, 0.2) is 0 Å². The lowest BCUT2D eigenvalue weighted by molar-refractivity contribution is 0.134. The first kappa shape index (κ1) is 24.4. The van der Waals surface area contributed by atoms with E-state index in [4.69, 9.17) is 0 Å². The number of benzene rings is 2. The number of aryl methyl sites for hydroxylation is 1. The molecule has 0 aliphatic rings. The standard InChI is InChI=1S/C26H39NO3/c1-2-3-4-5-9-12-25(29)18-24(27-19-22-10-7-6-8-11-22)15-13-21-14-16-26(30)23(17-21)20-28/h6-8,10-11,14,16-17,24-25,27-30H,2-5,9,12-13,15,18-20H2,1H3. The van der Waals surface area contributed by atoms with Crippen LogP contribution < -0.4 is 5.32 Å². The lowest BCUT2D eigenvalue weighted by Gasteiger charge is -2.22. The molecular formula is C26H39NO3. The minimum absolute atomic E-state index is 0.137. The summed E-state index contributed by atoms with van der Waals surface area (Å²) in [6, 6.07) is 16.0. The molecule has 0 bridgehead atoms. The average Bonchev–Trinajstić information content (AvgIpc) is 2.77. The van der Waals surface area contributed by atoms with E-state index >= 15 is 0 Å². The van der Waals surface area contributed by atoms with Crippen LogP contribution in [-0.4, -0.2) is 27.5 Å². The maximum Gasteiger partial charge on any atom is 0.121 e. The Hall–Kier alpha value is -1.88. The van der Waals surface area contributed by atoms with Crippen molar-refractivity contribution in [3.05, 3.63) is 65.2 Å². The van der Waals surface area contributed by atoms with Crippen molar-refractivity contribution in [1.29, 1.82) is 0 Å². The molecule has 2 rings (SSSR count). The molecule has 0 radical (unpaired) electrons. The molecule has 0 saturated heterocycles. The van der Waals surface area contributed by atoms with Crippen LogP contribution in [0.1, 0.15) is 75.0 Å². The van der Waals surface area contributed by atoms with Crippen molar-refractivity contribution in [2.75, 3.05) is 0 Å². The molecule has 2 atom stereocenters.